The molecule has 10 heteroatoms. The molecule has 0 aliphatic carbocycles. The standard InChI is InChI=1S/C17H19N3O5S2/c21-17-7-6-16(13-4-2-1-3-5-13)18-20(17)14-10-19(11-14)27(24,25)15-8-9-26(22,23)12-15/h1-7,14-15H,8-12H2/t15-/m1/s1. The van der Waals surface area contributed by atoms with E-state index in [1.54, 1.807) is 6.07 Å². The fourth-order valence-electron chi connectivity index (χ4n) is 3.44. The van der Waals surface area contributed by atoms with Gasteiger partial charge in [0.1, 0.15) is 0 Å². The van der Waals surface area contributed by atoms with Gasteiger partial charge < -0.3 is 0 Å². The largest absolute Gasteiger partial charge is 0.268 e. The van der Waals surface area contributed by atoms with Crippen molar-refractivity contribution in [2.24, 2.45) is 0 Å². The molecule has 3 heterocycles. The minimum Gasteiger partial charge on any atom is -0.268 e. The first-order chi connectivity index (χ1) is 12.8. The van der Waals surface area contributed by atoms with Crippen molar-refractivity contribution in [2.75, 3.05) is 24.6 Å². The Kier molecular flexibility index (Phi) is 4.44. The van der Waals surface area contributed by atoms with Crippen LogP contribution in [0, 0.1) is 0 Å². The average molecular weight is 409 g/mol. The van der Waals surface area contributed by atoms with Crippen LogP contribution in [-0.2, 0) is 19.9 Å². The molecule has 1 aromatic carbocycles. The van der Waals surface area contributed by atoms with Gasteiger partial charge in [0.15, 0.2) is 9.84 Å². The van der Waals surface area contributed by atoms with Gasteiger partial charge in [-0.25, -0.2) is 21.5 Å². The van der Waals surface area contributed by atoms with Crippen LogP contribution in [0.2, 0.25) is 0 Å². The summed E-state index contributed by atoms with van der Waals surface area (Å²) in [6.45, 7) is 0.258. The fraction of sp³-hybridized carbons (Fsp3) is 0.412. The topological polar surface area (TPSA) is 106 Å². The Labute approximate surface area is 157 Å². The van der Waals surface area contributed by atoms with Gasteiger partial charge in [0, 0.05) is 24.7 Å². The van der Waals surface area contributed by atoms with Crippen molar-refractivity contribution in [1.29, 1.82) is 0 Å². The van der Waals surface area contributed by atoms with Crippen molar-refractivity contribution >= 4 is 19.9 Å². The molecule has 0 radical (unpaired) electrons. The molecular weight excluding hydrogens is 390 g/mol. The number of hydrogen-bond donors (Lipinski definition) is 0. The van der Waals surface area contributed by atoms with E-state index in [2.05, 4.69) is 5.10 Å². The summed E-state index contributed by atoms with van der Waals surface area (Å²) in [4.78, 5) is 12.2. The van der Waals surface area contributed by atoms with Crippen molar-refractivity contribution < 1.29 is 16.8 Å². The molecule has 2 aliphatic rings. The van der Waals surface area contributed by atoms with Gasteiger partial charge in [-0.2, -0.15) is 9.40 Å². The average Bonchev–Trinajstić information content (AvgIpc) is 2.97. The monoisotopic (exact) mass is 409 g/mol. The Morgan fingerprint density at radius 1 is 1.04 bits per heavy atom. The quantitative estimate of drug-likeness (QED) is 0.718. The Hall–Kier alpha value is -2.04. The maximum absolute atomic E-state index is 12.6. The molecule has 0 bridgehead atoms. The maximum Gasteiger partial charge on any atom is 0.267 e. The van der Waals surface area contributed by atoms with E-state index >= 15 is 0 Å². The first-order valence-corrected chi connectivity index (χ1v) is 11.9. The van der Waals surface area contributed by atoms with E-state index in [0.29, 0.717) is 5.69 Å². The number of sulfonamides is 1. The Bertz CT molecular complexity index is 1120. The van der Waals surface area contributed by atoms with Gasteiger partial charge >= 0.3 is 0 Å². The third kappa shape index (κ3) is 3.44. The summed E-state index contributed by atoms with van der Waals surface area (Å²) in [6, 6.07) is 12.1. The lowest BCUT2D eigenvalue weighted by Gasteiger charge is -2.39. The van der Waals surface area contributed by atoms with Gasteiger partial charge in [-0.1, -0.05) is 30.3 Å². The highest BCUT2D eigenvalue weighted by molar-refractivity contribution is 7.95. The highest BCUT2D eigenvalue weighted by Gasteiger charge is 2.45. The van der Waals surface area contributed by atoms with E-state index in [1.165, 1.54) is 15.1 Å². The van der Waals surface area contributed by atoms with E-state index in [0.717, 1.165) is 5.56 Å². The van der Waals surface area contributed by atoms with Crippen molar-refractivity contribution in [1.82, 2.24) is 14.1 Å². The lowest BCUT2D eigenvalue weighted by Crippen LogP contribution is -2.55. The van der Waals surface area contributed by atoms with Crippen molar-refractivity contribution in [3.8, 4) is 11.3 Å². The number of nitrogens with zero attached hydrogens (tertiary/aromatic N) is 3. The molecule has 1 atom stereocenters. The van der Waals surface area contributed by atoms with Crippen LogP contribution in [0.25, 0.3) is 11.3 Å². The molecule has 2 aromatic rings. The molecule has 2 saturated heterocycles. The van der Waals surface area contributed by atoms with Crippen LogP contribution < -0.4 is 5.56 Å². The van der Waals surface area contributed by atoms with Crippen LogP contribution in [0.3, 0.4) is 0 Å². The molecule has 8 nitrogen and oxygen atoms in total. The summed E-state index contributed by atoms with van der Waals surface area (Å²) in [7, 11) is -6.96. The summed E-state index contributed by atoms with van der Waals surface area (Å²) in [6.07, 6.45) is 0.132. The van der Waals surface area contributed by atoms with Gasteiger partial charge in [0.25, 0.3) is 5.56 Å². The molecule has 2 fully saturated rings. The van der Waals surface area contributed by atoms with Crippen LogP contribution in [0.15, 0.2) is 47.3 Å². The highest BCUT2D eigenvalue weighted by Crippen LogP contribution is 2.29. The molecule has 0 saturated carbocycles. The summed E-state index contributed by atoms with van der Waals surface area (Å²) in [5, 5.41) is 3.50. The van der Waals surface area contributed by atoms with Crippen LogP contribution in [0.1, 0.15) is 12.5 Å². The van der Waals surface area contributed by atoms with Crippen molar-refractivity contribution in [2.45, 2.75) is 17.7 Å². The van der Waals surface area contributed by atoms with Crippen molar-refractivity contribution in [3.05, 3.63) is 52.8 Å². The molecule has 144 valence electrons. The third-order valence-corrected chi connectivity index (χ3v) is 9.28. The summed E-state index contributed by atoms with van der Waals surface area (Å²) < 4.78 is 51.0. The predicted octanol–water partition coefficient (Wildman–Crippen LogP) is 0.284. The number of hydrogen-bond acceptors (Lipinski definition) is 6. The Balaban J connectivity index is 1.52. The zero-order valence-corrected chi connectivity index (χ0v) is 16.1. The molecule has 0 amide bonds. The van der Waals surface area contributed by atoms with Gasteiger partial charge in [0.2, 0.25) is 10.0 Å². The lowest BCUT2D eigenvalue weighted by atomic mass is 10.1. The van der Waals surface area contributed by atoms with Crippen molar-refractivity contribution in [3.63, 3.8) is 0 Å². The normalized spacial score (nSPS) is 23.2. The molecule has 0 spiro atoms. The Morgan fingerprint density at radius 2 is 1.74 bits per heavy atom. The minimum atomic E-state index is -3.68. The maximum atomic E-state index is 12.6. The number of aromatic nitrogens is 2. The molecule has 0 N–H and O–H groups in total. The van der Waals surface area contributed by atoms with E-state index in [-0.39, 0.29) is 42.6 Å². The second kappa shape index (κ2) is 6.54. The van der Waals surface area contributed by atoms with Crippen LogP contribution in [-0.4, -0.2) is 60.8 Å². The second-order valence-electron chi connectivity index (χ2n) is 6.91. The number of rotatable bonds is 4. The molecule has 0 unspecified atom stereocenters. The first-order valence-electron chi connectivity index (χ1n) is 8.61. The lowest BCUT2D eigenvalue weighted by molar-refractivity contribution is 0.184. The Morgan fingerprint density at radius 3 is 2.37 bits per heavy atom. The van der Waals surface area contributed by atoms with Crippen LogP contribution in [0.5, 0.6) is 0 Å². The predicted molar refractivity (Wildman–Crippen MR) is 101 cm³/mol. The fourth-order valence-corrected chi connectivity index (χ4v) is 8.04. The second-order valence-corrected chi connectivity index (χ2v) is 11.3. The van der Waals surface area contributed by atoms with E-state index in [4.69, 9.17) is 0 Å². The third-order valence-electron chi connectivity index (χ3n) is 5.04. The summed E-state index contributed by atoms with van der Waals surface area (Å²) >= 11 is 0. The van der Waals surface area contributed by atoms with Gasteiger partial charge in [0.05, 0.1) is 28.5 Å². The summed E-state index contributed by atoms with van der Waals surface area (Å²) in [5.41, 5.74) is 1.21. The zero-order chi connectivity index (χ0) is 19.2. The number of sulfone groups is 1. The van der Waals surface area contributed by atoms with Crippen LogP contribution in [0.4, 0.5) is 0 Å². The van der Waals surface area contributed by atoms with Crippen LogP contribution >= 0.6 is 0 Å². The molecular formula is C17H19N3O5S2. The van der Waals surface area contributed by atoms with Gasteiger partial charge in [-0.05, 0) is 12.5 Å². The molecule has 2 aliphatic heterocycles. The SMILES string of the molecule is O=c1ccc(-c2ccccc2)nn1C1CN(S(=O)(=O)[C@@H]2CCS(=O)(=O)C2)C1. The van der Waals surface area contributed by atoms with E-state index < -0.39 is 25.1 Å². The first kappa shape index (κ1) is 18.3. The summed E-state index contributed by atoms with van der Waals surface area (Å²) in [5.74, 6) is -0.410. The van der Waals surface area contributed by atoms with Gasteiger partial charge in [-0.15, -0.1) is 0 Å². The minimum absolute atomic E-state index is 0.0890. The molecule has 27 heavy (non-hydrogen) atoms. The smallest absolute Gasteiger partial charge is 0.267 e. The van der Waals surface area contributed by atoms with Gasteiger partial charge in [-0.3, -0.25) is 4.79 Å². The zero-order valence-electron chi connectivity index (χ0n) is 14.4. The molecule has 1 aromatic heterocycles. The van der Waals surface area contributed by atoms with E-state index in [9.17, 15) is 21.6 Å². The number of benzene rings is 1. The molecule has 4 rings (SSSR count). The highest BCUT2D eigenvalue weighted by atomic mass is 32.2. The van der Waals surface area contributed by atoms with E-state index in [1.807, 2.05) is 30.3 Å².